The second kappa shape index (κ2) is 5.70. The molecule has 0 saturated carbocycles. The molecule has 0 radical (unpaired) electrons. The van der Waals surface area contributed by atoms with Crippen LogP contribution in [-0.2, 0) is 11.2 Å². The van der Waals surface area contributed by atoms with Crippen molar-refractivity contribution in [3.63, 3.8) is 0 Å². The molecular formula is C18H17N5O2. The minimum absolute atomic E-state index is 0.109. The van der Waals surface area contributed by atoms with E-state index in [0.717, 1.165) is 11.3 Å². The summed E-state index contributed by atoms with van der Waals surface area (Å²) in [5, 5.41) is 7.23. The van der Waals surface area contributed by atoms with Gasteiger partial charge in [-0.25, -0.2) is 9.50 Å². The minimum atomic E-state index is -0.244. The fourth-order valence-corrected chi connectivity index (χ4v) is 3.19. The molecule has 1 aliphatic rings. The average molecular weight is 335 g/mol. The molecule has 1 aromatic carbocycles. The normalized spacial score (nSPS) is 13.8. The highest BCUT2D eigenvalue weighted by atomic mass is 16.2. The zero-order valence-corrected chi connectivity index (χ0v) is 14.0. The Bertz CT molecular complexity index is 1010. The van der Waals surface area contributed by atoms with Crippen molar-refractivity contribution < 1.29 is 9.59 Å². The largest absolute Gasteiger partial charge is 0.322 e. The Balaban J connectivity index is 1.65. The lowest BCUT2D eigenvalue weighted by atomic mass is 10.0. The molecule has 0 atom stereocenters. The van der Waals surface area contributed by atoms with E-state index in [0.29, 0.717) is 35.4 Å². The monoisotopic (exact) mass is 335 g/mol. The number of hydrogen-bond acceptors (Lipinski definition) is 4. The van der Waals surface area contributed by atoms with Gasteiger partial charge in [-0.2, -0.15) is 5.10 Å². The molecule has 2 aromatic heterocycles. The lowest BCUT2D eigenvalue weighted by Crippen LogP contribution is -2.31. The fraction of sp³-hybridized carbons (Fsp3) is 0.222. The Labute approximate surface area is 144 Å². The van der Waals surface area contributed by atoms with Crippen LogP contribution >= 0.6 is 0 Å². The van der Waals surface area contributed by atoms with Gasteiger partial charge in [-0.05, 0) is 43.2 Å². The maximum atomic E-state index is 12.7. The number of fused-ring (bicyclic) bond motifs is 2. The molecule has 0 bridgehead atoms. The number of anilines is 2. The number of nitrogens with one attached hydrogen (secondary N) is 1. The second-order valence-corrected chi connectivity index (χ2v) is 6.10. The zero-order valence-electron chi connectivity index (χ0n) is 14.0. The van der Waals surface area contributed by atoms with Crippen LogP contribution in [0.5, 0.6) is 0 Å². The van der Waals surface area contributed by atoms with Gasteiger partial charge in [0.15, 0.2) is 5.65 Å². The van der Waals surface area contributed by atoms with Crippen molar-refractivity contribution in [2.45, 2.75) is 19.8 Å². The maximum absolute atomic E-state index is 12.7. The number of carbonyl (C=O) groups is 2. The van der Waals surface area contributed by atoms with Gasteiger partial charge in [0.2, 0.25) is 5.91 Å². The van der Waals surface area contributed by atoms with Crippen LogP contribution in [0.3, 0.4) is 0 Å². The first-order chi connectivity index (χ1) is 12.0. The van der Waals surface area contributed by atoms with Crippen LogP contribution in [0.2, 0.25) is 0 Å². The van der Waals surface area contributed by atoms with Gasteiger partial charge >= 0.3 is 0 Å². The first kappa shape index (κ1) is 15.3. The van der Waals surface area contributed by atoms with Crippen LogP contribution in [0.25, 0.3) is 5.65 Å². The predicted molar refractivity (Wildman–Crippen MR) is 93.9 cm³/mol. The third kappa shape index (κ3) is 2.53. The molecule has 4 rings (SSSR count). The molecule has 1 aliphatic heterocycles. The zero-order chi connectivity index (χ0) is 17.6. The number of aromatic nitrogens is 3. The highest BCUT2D eigenvalue weighted by Gasteiger charge is 2.22. The van der Waals surface area contributed by atoms with Gasteiger partial charge in [-0.15, -0.1) is 0 Å². The Kier molecular flexibility index (Phi) is 3.49. The highest BCUT2D eigenvalue weighted by molar-refractivity contribution is 6.09. The quantitative estimate of drug-likeness (QED) is 0.778. The van der Waals surface area contributed by atoms with Crippen LogP contribution in [0, 0.1) is 6.92 Å². The number of rotatable bonds is 2. The molecule has 0 fully saturated rings. The molecule has 7 nitrogen and oxygen atoms in total. The minimum Gasteiger partial charge on any atom is -0.322 e. The summed E-state index contributed by atoms with van der Waals surface area (Å²) in [5.41, 5.74) is 4.25. The lowest BCUT2D eigenvalue weighted by molar-refractivity contribution is -0.118. The van der Waals surface area contributed by atoms with Crippen LogP contribution in [0.15, 0.2) is 36.7 Å². The first-order valence-corrected chi connectivity index (χ1v) is 8.05. The highest BCUT2D eigenvalue weighted by Crippen LogP contribution is 2.29. The molecule has 2 amide bonds. The Morgan fingerprint density at radius 2 is 2.12 bits per heavy atom. The Hall–Kier alpha value is -3.22. The molecule has 0 spiro atoms. The summed E-state index contributed by atoms with van der Waals surface area (Å²) in [4.78, 5) is 30.4. The third-order valence-corrected chi connectivity index (χ3v) is 4.48. The van der Waals surface area contributed by atoms with Crippen LogP contribution < -0.4 is 10.2 Å². The number of aryl methyl sites for hydroxylation is 2. The summed E-state index contributed by atoms with van der Waals surface area (Å²) in [5.74, 6) is -0.135. The number of carbonyl (C=O) groups excluding carboxylic acids is 2. The molecule has 0 saturated heterocycles. The van der Waals surface area contributed by atoms with Gasteiger partial charge in [-0.1, -0.05) is 0 Å². The predicted octanol–water partition coefficient (Wildman–Crippen LogP) is 2.20. The molecule has 7 heteroatoms. The van der Waals surface area contributed by atoms with Crippen molar-refractivity contribution in [3.05, 3.63) is 53.5 Å². The van der Waals surface area contributed by atoms with Crippen molar-refractivity contribution in [2.24, 2.45) is 0 Å². The molecule has 3 aromatic rings. The SMILES string of the molecule is Cc1nn2cccnc2c1C(=O)Nc1ccc2c(c1)CCC(=O)N2C. The van der Waals surface area contributed by atoms with E-state index in [1.807, 2.05) is 12.1 Å². The third-order valence-electron chi connectivity index (χ3n) is 4.48. The standard InChI is InChI=1S/C18H17N5O2/c1-11-16(17-19-8-3-9-23(17)21-11)18(25)20-13-5-6-14-12(10-13)4-7-15(24)22(14)2/h3,5-6,8-10H,4,7H2,1-2H3,(H,20,25). The molecule has 25 heavy (non-hydrogen) atoms. The average Bonchev–Trinajstić information content (AvgIpc) is 2.94. The smallest absolute Gasteiger partial charge is 0.261 e. The van der Waals surface area contributed by atoms with Crippen molar-refractivity contribution in [2.75, 3.05) is 17.3 Å². The molecule has 3 heterocycles. The van der Waals surface area contributed by atoms with Crippen molar-refractivity contribution in [3.8, 4) is 0 Å². The van der Waals surface area contributed by atoms with Gasteiger partial charge in [-0.3, -0.25) is 9.59 Å². The molecule has 1 N–H and O–H groups in total. The summed E-state index contributed by atoms with van der Waals surface area (Å²) in [6, 6.07) is 7.36. The summed E-state index contributed by atoms with van der Waals surface area (Å²) in [7, 11) is 1.77. The topological polar surface area (TPSA) is 79.6 Å². The van der Waals surface area contributed by atoms with Gasteiger partial charge in [0.1, 0.15) is 5.56 Å². The van der Waals surface area contributed by atoms with E-state index in [4.69, 9.17) is 0 Å². The Morgan fingerprint density at radius 3 is 2.96 bits per heavy atom. The van der Waals surface area contributed by atoms with Gasteiger partial charge < -0.3 is 10.2 Å². The van der Waals surface area contributed by atoms with Crippen molar-refractivity contribution in [1.82, 2.24) is 14.6 Å². The van der Waals surface area contributed by atoms with E-state index in [1.165, 1.54) is 0 Å². The second-order valence-electron chi connectivity index (χ2n) is 6.10. The van der Waals surface area contributed by atoms with E-state index in [9.17, 15) is 9.59 Å². The molecule has 0 unspecified atom stereocenters. The van der Waals surface area contributed by atoms with Gasteiger partial charge in [0.25, 0.3) is 5.91 Å². The number of amides is 2. The van der Waals surface area contributed by atoms with E-state index < -0.39 is 0 Å². The summed E-state index contributed by atoms with van der Waals surface area (Å²) in [6.45, 7) is 1.79. The summed E-state index contributed by atoms with van der Waals surface area (Å²) >= 11 is 0. The lowest BCUT2D eigenvalue weighted by Gasteiger charge is -2.26. The molecular weight excluding hydrogens is 318 g/mol. The first-order valence-electron chi connectivity index (χ1n) is 8.05. The summed E-state index contributed by atoms with van der Waals surface area (Å²) < 4.78 is 1.59. The van der Waals surface area contributed by atoms with Gasteiger partial charge in [0.05, 0.1) is 5.69 Å². The van der Waals surface area contributed by atoms with Crippen LogP contribution in [0.1, 0.15) is 28.0 Å². The van der Waals surface area contributed by atoms with E-state index in [2.05, 4.69) is 15.4 Å². The van der Waals surface area contributed by atoms with Crippen LogP contribution in [0.4, 0.5) is 11.4 Å². The van der Waals surface area contributed by atoms with Crippen molar-refractivity contribution >= 4 is 28.8 Å². The van der Waals surface area contributed by atoms with E-state index in [-0.39, 0.29) is 11.8 Å². The number of benzene rings is 1. The maximum Gasteiger partial charge on any atom is 0.261 e. The van der Waals surface area contributed by atoms with Crippen LogP contribution in [-0.4, -0.2) is 33.5 Å². The summed E-state index contributed by atoms with van der Waals surface area (Å²) in [6.07, 6.45) is 4.56. The number of nitrogens with zero attached hydrogens (tertiary/aromatic N) is 4. The van der Waals surface area contributed by atoms with Gasteiger partial charge in [0, 0.05) is 37.2 Å². The molecule has 126 valence electrons. The van der Waals surface area contributed by atoms with Crippen molar-refractivity contribution in [1.29, 1.82) is 0 Å². The fourth-order valence-electron chi connectivity index (χ4n) is 3.19. The number of hydrogen-bond donors (Lipinski definition) is 1. The molecule has 0 aliphatic carbocycles. The Morgan fingerprint density at radius 1 is 1.28 bits per heavy atom. The van der Waals surface area contributed by atoms with E-state index in [1.54, 1.807) is 47.9 Å². The van der Waals surface area contributed by atoms with E-state index >= 15 is 0 Å².